The van der Waals surface area contributed by atoms with Crippen LogP contribution < -0.4 is 5.32 Å². The second-order valence-electron chi connectivity index (χ2n) is 5.73. The largest absolute Gasteiger partial charge is 0.480 e. The second-order valence-corrected chi connectivity index (χ2v) is 5.73. The van der Waals surface area contributed by atoms with E-state index in [1.54, 1.807) is 17.8 Å². The molecule has 0 aliphatic heterocycles. The van der Waals surface area contributed by atoms with E-state index in [1.165, 1.54) is 18.7 Å². The first-order valence-electron chi connectivity index (χ1n) is 7.47. The molecule has 0 spiro atoms. The second kappa shape index (κ2) is 7.75. The molecule has 0 aromatic carbocycles. The van der Waals surface area contributed by atoms with Crippen LogP contribution >= 0.6 is 0 Å². The van der Waals surface area contributed by atoms with Gasteiger partial charge in [-0.15, -0.1) is 0 Å². The van der Waals surface area contributed by atoms with Gasteiger partial charge in [-0.2, -0.15) is 5.10 Å². The summed E-state index contributed by atoms with van der Waals surface area (Å²) in [5.74, 6) is -1.62. The quantitative estimate of drug-likeness (QED) is 0.764. The molecule has 0 saturated heterocycles. The van der Waals surface area contributed by atoms with E-state index < -0.39 is 17.9 Å². The molecule has 23 heavy (non-hydrogen) atoms. The minimum absolute atomic E-state index is 0.0967. The highest BCUT2D eigenvalue weighted by molar-refractivity contribution is 5.95. The third kappa shape index (κ3) is 4.80. The first kappa shape index (κ1) is 18.7. The number of nitrogens with one attached hydrogen (secondary N) is 1. The number of aromatic nitrogens is 2. The Morgan fingerprint density at radius 1 is 1.35 bits per heavy atom. The van der Waals surface area contributed by atoms with Crippen LogP contribution in [0.2, 0.25) is 0 Å². The number of rotatable bonds is 7. The van der Waals surface area contributed by atoms with Crippen molar-refractivity contribution in [3.05, 3.63) is 17.5 Å². The van der Waals surface area contributed by atoms with Crippen LogP contribution in [0.25, 0.3) is 0 Å². The fourth-order valence-corrected chi connectivity index (χ4v) is 2.23. The van der Waals surface area contributed by atoms with Crippen LogP contribution in [0.3, 0.4) is 0 Å². The lowest BCUT2D eigenvalue weighted by Crippen LogP contribution is -2.46. The van der Waals surface area contributed by atoms with E-state index >= 15 is 0 Å². The Morgan fingerprint density at radius 2 is 1.96 bits per heavy atom. The average molecular weight is 324 g/mol. The van der Waals surface area contributed by atoms with Crippen molar-refractivity contribution in [3.8, 4) is 0 Å². The van der Waals surface area contributed by atoms with Gasteiger partial charge in [0.1, 0.15) is 6.04 Å². The van der Waals surface area contributed by atoms with Crippen molar-refractivity contribution in [1.29, 1.82) is 0 Å². The van der Waals surface area contributed by atoms with Crippen LogP contribution in [0, 0.1) is 0 Å². The van der Waals surface area contributed by atoms with Gasteiger partial charge in [0.25, 0.3) is 5.91 Å². The van der Waals surface area contributed by atoms with Crippen molar-refractivity contribution in [2.24, 2.45) is 7.05 Å². The highest BCUT2D eigenvalue weighted by Gasteiger charge is 2.28. The van der Waals surface area contributed by atoms with E-state index in [0.717, 1.165) is 5.69 Å². The van der Waals surface area contributed by atoms with E-state index in [2.05, 4.69) is 10.4 Å². The number of carbonyl (C=O) groups is 3. The lowest BCUT2D eigenvalue weighted by Gasteiger charge is -2.25. The fourth-order valence-electron chi connectivity index (χ4n) is 2.23. The van der Waals surface area contributed by atoms with Gasteiger partial charge >= 0.3 is 5.97 Å². The molecule has 1 aromatic rings. The van der Waals surface area contributed by atoms with Crippen molar-refractivity contribution < 1.29 is 19.5 Å². The number of amides is 2. The zero-order valence-electron chi connectivity index (χ0n) is 14.2. The third-order valence-corrected chi connectivity index (χ3v) is 3.54. The molecule has 2 amide bonds. The molecule has 0 aliphatic rings. The van der Waals surface area contributed by atoms with Gasteiger partial charge < -0.3 is 15.3 Å². The minimum Gasteiger partial charge on any atom is -0.480 e. The smallest absolute Gasteiger partial charge is 0.326 e. The number of aliphatic carboxylic acids is 1. The predicted octanol–water partition coefficient (Wildman–Crippen LogP) is 0.595. The van der Waals surface area contributed by atoms with Crippen molar-refractivity contribution in [3.63, 3.8) is 0 Å². The summed E-state index contributed by atoms with van der Waals surface area (Å²) in [5.41, 5.74) is 1.09. The molecular weight excluding hydrogens is 300 g/mol. The number of hydrogen-bond donors (Lipinski definition) is 2. The van der Waals surface area contributed by atoms with E-state index in [-0.39, 0.29) is 30.6 Å². The molecule has 1 aromatic heterocycles. The normalized spacial score (nSPS) is 12.1. The topological polar surface area (TPSA) is 105 Å². The molecule has 8 heteroatoms. The van der Waals surface area contributed by atoms with Crippen LogP contribution in [0.5, 0.6) is 0 Å². The molecule has 0 saturated carbocycles. The summed E-state index contributed by atoms with van der Waals surface area (Å²) in [6.45, 7) is 7.04. The number of aryl methyl sites for hydroxylation is 1. The fraction of sp³-hybridized carbons (Fsp3) is 0.600. The molecule has 0 bridgehead atoms. The summed E-state index contributed by atoms with van der Waals surface area (Å²) in [7, 11) is 1.74. The summed E-state index contributed by atoms with van der Waals surface area (Å²) in [6, 6.07) is 0.660. The van der Waals surface area contributed by atoms with Crippen molar-refractivity contribution >= 4 is 17.8 Å². The predicted molar refractivity (Wildman–Crippen MR) is 84.1 cm³/mol. The third-order valence-electron chi connectivity index (χ3n) is 3.54. The molecule has 8 nitrogen and oxygen atoms in total. The van der Waals surface area contributed by atoms with Crippen LogP contribution in [0.15, 0.2) is 6.07 Å². The minimum atomic E-state index is -1.11. The van der Waals surface area contributed by atoms with E-state index in [4.69, 9.17) is 0 Å². The summed E-state index contributed by atoms with van der Waals surface area (Å²) >= 11 is 0. The Balaban J connectivity index is 3.00. The maximum absolute atomic E-state index is 12.6. The molecule has 2 N–H and O–H groups in total. The number of nitrogens with zero attached hydrogens (tertiary/aromatic N) is 3. The molecule has 0 fully saturated rings. The van der Waals surface area contributed by atoms with Gasteiger partial charge in [0.2, 0.25) is 5.91 Å². The van der Waals surface area contributed by atoms with Gasteiger partial charge in [0.15, 0.2) is 5.69 Å². The SMILES string of the molecule is CC(=O)NCCN(C(=O)c1cc(C(C)C)n(C)n1)C(C)C(=O)O. The Kier molecular flexibility index (Phi) is 6.29. The van der Waals surface area contributed by atoms with Crippen molar-refractivity contribution in [2.45, 2.75) is 39.7 Å². The monoisotopic (exact) mass is 324 g/mol. The average Bonchev–Trinajstić information content (AvgIpc) is 2.84. The summed E-state index contributed by atoms with van der Waals surface area (Å²) < 4.78 is 1.62. The maximum atomic E-state index is 12.6. The Morgan fingerprint density at radius 3 is 2.39 bits per heavy atom. The van der Waals surface area contributed by atoms with Crippen LogP contribution in [-0.2, 0) is 16.6 Å². The molecule has 128 valence electrons. The standard InChI is InChI=1S/C15H24N4O4/c1-9(2)13-8-12(17-18(13)5)14(21)19(10(3)15(22)23)7-6-16-11(4)20/h8-10H,6-7H2,1-5H3,(H,16,20)(H,22,23). The number of carboxylic acids is 1. The van der Waals surface area contributed by atoms with Gasteiger partial charge in [0.05, 0.1) is 0 Å². The van der Waals surface area contributed by atoms with Crippen LogP contribution in [0.1, 0.15) is 49.8 Å². The molecule has 0 radical (unpaired) electrons. The first-order valence-corrected chi connectivity index (χ1v) is 7.47. The lowest BCUT2D eigenvalue weighted by atomic mass is 10.1. The lowest BCUT2D eigenvalue weighted by molar-refractivity contribution is -0.141. The Hall–Kier alpha value is -2.38. The van der Waals surface area contributed by atoms with Gasteiger partial charge in [-0.25, -0.2) is 4.79 Å². The number of hydrogen-bond acceptors (Lipinski definition) is 4. The molecule has 1 atom stereocenters. The van der Waals surface area contributed by atoms with Crippen molar-refractivity contribution in [1.82, 2.24) is 20.0 Å². The zero-order valence-corrected chi connectivity index (χ0v) is 14.2. The highest BCUT2D eigenvalue weighted by Crippen LogP contribution is 2.16. The Bertz CT molecular complexity index is 594. The van der Waals surface area contributed by atoms with Gasteiger partial charge in [0, 0.05) is 32.8 Å². The highest BCUT2D eigenvalue weighted by atomic mass is 16.4. The number of carboxylic acid groups (broad SMARTS) is 1. The molecule has 1 heterocycles. The molecule has 0 aliphatic carbocycles. The summed E-state index contributed by atoms with van der Waals surface area (Å²) in [6.07, 6.45) is 0. The molecule has 1 unspecified atom stereocenters. The van der Waals surface area contributed by atoms with Gasteiger partial charge in [-0.3, -0.25) is 14.3 Å². The van der Waals surface area contributed by atoms with E-state index in [0.29, 0.717) is 0 Å². The Labute approximate surface area is 135 Å². The van der Waals surface area contributed by atoms with Crippen molar-refractivity contribution in [2.75, 3.05) is 13.1 Å². The maximum Gasteiger partial charge on any atom is 0.326 e. The van der Waals surface area contributed by atoms with Crippen LogP contribution in [-0.4, -0.2) is 56.7 Å². The van der Waals surface area contributed by atoms with Gasteiger partial charge in [-0.1, -0.05) is 13.8 Å². The van der Waals surface area contributed by atoms with Crippen LogP contribution in [0.4, 0.5) is 0 Å². The molecule has 1 rings (SSSR count). The zero-order chi connectivity index (χ0) is 17.7. The van der Waals surface area contributed by atoms with E-state index in [1.807, 2.05) is 13.8 Å². The van der Waals surface area contributed by atoms with E-state index in [9.17, 15) is 19.5 Å². The first-order chi connectivity index (χ1) is 10.6. The number of carbonyl (C=O) groups excluding carboxylic acids is 2. The summed E-state index contributed by atoms with van der Waals surface area (Å²) in [4.78, 5) is 36.0. The molecular formula is C15H24N4O4. The summed E-state index contributed by atoms with van der Waals surface area (Å²) in [5, 5.41) is 15.9. The van der Waals surface area contributed by atoms with Gasteiger partial charge in [-0.05, 0) is 18.9 Å².